The summed E-state index contributed by atoms with van der Waals surface area (Å²) in [7, 11) is 0. The molecule has 0 bridgehead atoms. The van der Waals surface area contributed by atoms with Crippen LogP contribution in [-0.2, 0) is 0 Å². The first kappa shape index (κ1) is 10.9. The van der Waals surface area contributed by atoms with Crippen LogP contribution in [0, 0.1) is 6.92 Å². The first-order valence-electron chi connectivity index (χ1n) is 4.00. The van der Waals surface area contributed by atoms with Gasteiger partial charge in [-0.15, -0.1) is 11.3 Å². The molecule has 13 heavy (non-hydrogen) atoms. The van der Waals surface area contributed by atoms with E-state index >= 15 is 0 Å². The van der Waals surface area contributed by atoms with Crippen molar-refractivity contribution in [2.75, 3.05) is 11.0 Å². The fourth-order valence-electron chi connectivity index (χ4n) is 0.822. The van der Waals surface area contributed by atoms with Gasteiger partial charge in [0.15, 0.2) is 0 Å². The number of amides is 1. The Bertz CT molecular complexity index is 287. The Balaban J connectivity index is 2.40. The Morgan fingerprint density at radius 2 is 2.54 bits per heavy atom. The molecule has 1 N–H and O–H groups in total. The lowest BCUT2D eigenvalue weighted by Crippen LogP contribution is -2.23. The van der Waals surface area contributed by atoms with E-state index in [1.165, 1.54) is 11.3 Å². The Hall–Kier alpha value is -0.170. The lowest BCUT2D eigenvalue weighted by Gasteiger charge is -1.99. The molecule has 0 aliphatic heterocycles. The Morgan fingerprint density at radius 1 is 1.77 bits per heavy atom. The minimum Gasteiger partial charge on any atom is -0.351 e. The highest BCUT2D eigenvalue weighted by Gasteiger charge is 2.07. The molecular formula is C8H11IN2OS. The zero-order chi connectivity index (χ0) is 9.68. The molecule has 72 valence electrons. The van der Waals surface area contributed by atoms with Gasteiger partial charge in [0.05, 0.1) is 11.2 Å². The van der Waals surface area contributed by atoms with Crippen LogP contribution in [0.4, 0.5) is 0 Å². The summed E-state index contributed by atoms with van der Waals surface area (Å²) >= 11 is 3.72. The molecule has 1 rings (SSSR count). The van der Waals surface area contributed by atoms with Gasteiger partial charge >= 0.3 is 0 Å². The van der Waals surface area contributed by atoms with E-state index in [-0.39, 0.29) is 5.91 Å². The van der Waals surface area contributed by atoms with Crippen molar-refractivity contribution < 1.29 is 4.79 Å². The second-order valence-electron chi connectivity index (χ2n) is 2.54. The lowest BCUT2D eigenvalue weighted by molar-refractivity contribution is 0.0957. The van der Waals surface area contributed by atoms with Crippen LogP contribution in [0.5, 0.6) is 0 Å². The quantitative estimate of drug-likeness (QED) is 0.525. The second-order valence-corrected chi connectivity index (χ2v) is 4.86. The average molecular weight is 310 g/mol. The van der Waals surface area contributed by atoms with Gasteiger partial charge in [-0.1, -0.05) is 22.6 Å². The monoisotopic (exact) mass is 310 g/mol. The van der Waals surface area contributed by atoms with Gasteiger partial charge in [0.25, 0.3) is 5.91 Å². The predicted octanol–water partition coefficient (Wildman–Crippen LogP) is 2.01. The van der Waals surface area contributed by atoms with Gasteiger partial charge in [-0.3, -0.25) is 4.79 Å². The lowest BCUT2D eigenvalue weighted by atomic mass is 10.4. The number of rotatable bonds is 4. The number of aryl methyl sites for hydroxylation is 1. The molecular weight excluding hydrogens is 299 g/mol. The molecule has 0 radical (unpaired) electrons. The molecule has 1 aromatic heterocycles. The topological polar surface area (TPSA) is 42.0 Å². The van der Waals surface area contributed by atoms with E-state index in [2.05, 4.69) is 32.9 Å². The van der Waals surface area contributed by atoms with Crippen molar-refractivity contribution in [3.8, 4) is 0 Å². The molecule has 3 nitrogen and oxygen atoms in total. The van der Waals surface area contributed by atoms with E-state index in [0.717, 1.165) is 22.4 Å². The number of thiazole rings is 1. The van der Waals surface area contributed by atoms with Crippen LogP contribution in [0.3, 0.4) is 0 Å². The summed E-state index contributed by atoms with van der Waals surface area (Å²) in [6.07, 6.45) is 2.64. The molecule has 0 aliphatic carbocycles. The largest absolute Gasteiger partial charge is 0.351 e. The van der Waals surface area contributed by atoms with Crippen LogP contribution in [0.2, 0.25) is 0 Å². The molecule has 1 amide bonds. The van der Waals surface area contributed by atoms with Crippen molar-refractivity contribution in [3.05, 3.63) is 16.1 Å². The van der Waals surface area contributed by atoms with Crippen molar-refractivity contribution in [3.63, 3.8) is 0 Å². The number of aromatic nitrogens is 1. The SMILES string of the molecule is Cc1ncc(C(=O)NCCCI)s1. The van der Waals surface area contributed by atoms with Crippen molar-refractivity contribution >= 4 is 39.8 Å². The zero-order valence-electron chi connectivity index (χ0n) is 7.34. The predicted molar refractivity (Wildman–Crippen MR) is 62.7 cm³/mol. The zero-order valence-corrected chi connectivity index (χ0v) is 10.3. The van der Waals surface area contributed by atoms with Crippen molar-refractivity contribution in [2.45, 2.75) is 13.3 Å². The Kier molecular flexibility index (Phi) is 4.65. The number of alkyl halides is 1. The van der Waals surface area contributed by atoms with Crippen LogP contribution in [0.1, 0.15) is 21.1 Å². The van der Waals surface area contributed by atoms with Crippen LogP contribution < -0.4 is 5.32 Å². The van der Waals surface area contributed by atoms with E-state index in [4.69, 9.17) is 0 Å². The van der Waals surface area contributed by atoms with Crippen molar-refractivity contribution in [2.24, 2.45) is 0 Å². The van der Waals surface area contributed by atoms with E-state index in [1.54, 1.807) is 6.20 Å². The summed E-state index contributed by atoms with van der Waals surface area (Å²) in [6.45, 7) is 2.64. The minimum absolute atomic E-state index is 0.00421. The molecule has 0 saturated carbocycles. The van der Waals surface area contributed by atoms with Crippen LogP contribution >= 0.6 is 33.9 Å². The summed E-state index contributed by atoms with van der Waals surface area (Å²) < 4.78 is 1.07. The Labute approximate surface area is 95.1 Å². The molecule has 0 aliphatic rings. The first-order valence-corrected chi connectivity index (χ1v) is 6.35. The normalized spacial score (nSPS) is 10.0. The maximum atomic E-state index is 11.4. The van der Waals surface area contributed by atoms with E-state index in [9.17, 15) is 4.79 Å². The highest BCUT2D eigenvalue weighted by Crippen LogP contribution is 2.10. The third kappa shape index (κ3) is 3.60. The van der Waals surface area contributed by atoms with Crippen molar-refractivity contribution in [1.29, 1.82) is 0 Å². The molecule has 5 heteroatoms. The number of carbonyl (C=O) groups excluding carboxylic acids is 1. The van der Waals surface area contributed by atoms with E-state index in [1.807, 2.05) is 6.92 Å². The second kappa shape index (κ2) is 5.54. The molecule has 0 fully saturated rings. The molecule has 0 atom stereocenters. The summed E-state index contributed by atoms with van der Waals surface area (Å²) in [5.41, 5.74) is 0. The molecule has 0 unspecified atom stereocenters. The van der Waals surface area contributed by atoms with Crippen LogP contribution in [0.25, 0.3) is 0 Å². The standard InChI is InChI=1S/C8H11IN2OS/c1-6-11-5-7(13-6)8(12)10-4-2-3-9/h5H,2-4H2,1H3,(H,10,12). The summed E-state index contributed by atoms with van der Waals surface area (Å²) in [4.78, 5) is 16.1. The van der Waals surface area contributed by atoms with Crippen LogP contribution in [-0.4, -0.2) is 21.9 Å². The maximum absolute atomic E-state index is 11.4. The highest BCUT2D eigenvalue weighted by atomic mass is 127. The van der Waals surface area contributed by atoms with Gasteiger partial charge in [-0.25, -0.2) is 4.98 Å². The van der Waals surface area contributed by atoms with E-state index in [0.29, 0.717) is 4.88 Å². The summed E-state index contributed by atoms with van der Waals surface area (Å²) in [5, 5.41) is 3.77. The molecule has 1 aromatic rings. The fraction of sp³-hybridized carbons (Fsp3) is 0.500. The number of nitrogens with one attached hydrogen (secondary N) is 1. The summed E-state index contributed by atoms with van der Waals surface area (Å²) in [5.74, 6) is -0.00421. The van der Waals surface area contributed by atoms with E-state index < -0.39 is 0 Å². The number of carbonyl (C=O) groups is 1. The van der Waals surface area contributed by atoms with Gasteiger partial charge in [0.2, 0.25) is 0 Å². The molecule has 0 spiro atoms. The molecule has 0 saturated heterocycles. The van der Waals surface area contributed by atoms with Gasteiger partial charge in [-0.2, -0.15) is 0 Å². The number of hydrogen-bond acceptors (Lipinski definition) is 3. The molecule has 1 heterocycles. The van der Waals surface area contributed by atoms with Gasteiger partial charge in [0, 0.05) is 11.0 Å². The third-order valence-electron chi connectivity index (χ3n) is 1.44. The number of hydrogen-bond donors (Lipinski definition) is 1. The number of nitrogens with zero attached hydrogens (tertiary/aromatic N) is 1. The summed E-state index contributed by atoms with van der Waals surface area (Å²) in [6, 6.07) is 0. The highest BCUT2D eigenvalue weighted by molar-refractivity contribution is 14.1. The minimum atomic E-state index is -0.00421. The Morgan fingerprint density at radius 3 is 3.08 bits per heavy atom. The maximum Gasteiger partial charge on any atom is 0.263 e. The fourth-order valence-corrected chi connectivity index (χ4v) is 1.90. The number of halogens is 1. The van der Waals surface area contributed by atoms with Gasteiger partial charge in [0.1, 0.15) is 4.88 Å². The first-order chi connectivity index (χ1) is 6.24. The molecule has 0 aromatic carbocycles. The third-order valence-corrected chi connectivity index (χ3v) is 3.12. The van der Waals surface area contributed by atoms with Gasteiger partial charge in [-0.05, 0) is 13.3 Å². The van der Waals surface area contributed by atoms with Crippen LogP contribution in [0.15, 0.2) is 6.20 Å². The van der Waals surface area contributed by atoms with Crippen molar-refractivity contribution in [1.82, 2.24) is 10.3 Å². The van der Waals surface area contributed by atoms with Gasteiger partial charge < -0.3 is 5.32 Å². The average Bonchev–Trinajstić information content (AvgIpc) is 2.52. The smallest absolute Gasteiger partial charge is 0.263 e.